The van der Waals surface area contributed by atoms with Gasteiger partial charge in [-0.2, -0.15) is 13.8 Å². The van der Waals surface area contributed by atoms with E-state index in [4.69, 9.17) is 0 Å². The lowest BCUT2D eigenvalue weighted by Gasteiger charge is -2.34. The molecule has 2 rings (SSSR count). The molecule has 4 nitrogen and oxygen atoms in total. The highest BCUT2D eigenvalue weighted by molar-refractivity contribution is 4.99. The molecule has 19 heavy (non-hydrogen) atoms. The summed E-state index contributed by atoms with van der Waals surface area (Å²) in [5.74, 6) is -6.94. The maximum atomic E-state index is 13.0. The largest absolute Gasteiger partial charge is 0.389 e. The second-order valence-corrected chi connectivity index (χ2v) is 5.16. The number of rotatable bonds is 3. The second kappa shape index (κ2) is 4.43. The molecule has 1 aromatic rings. The Kier molecular flexibility index (Phi) is 3.32. The summed E-state index contributed by atoms with van der Waals surface area (Å²) in [6, 6.07) is 0. The molecule has 0 bridgehead atoms. The first-order chi connectivity index (χ1) is 8.60. The van der Waals surface area contributed by atoms with Crippen molar-refractivity contribution < 1.29 is 27.2 Å². The van der Waals surface area contributed by atoms with E-state index in [-0.39, 0.29) is 25.2 Å². The van der Waals surface area contributed by atoms with E-state index in [1.165, 1.54) is 0 Å². The molecule has 1 aliphatic rings. The van der Waals surface area contributed by atoms with Crippen molar-refractivity contribution in [2.75, 3.05) is 0 Å². The minimum atomic E-state index is -3.23. The predicted octanol–water partition coefficient (Wildman–Crippen LogP) is 2.66. The van der Waals surface area contributed by atoms with Crippen LogP contribution >= 0.6 is 0 Å². The van der Waals surface area contributed by atoms with Crippen LogP contribution in [0.3, 0.4) is 0 Å². The van der Waals surface area contributed by atoms with Gasteiger partial charge in [0, 0.05) is 19.8 Å². The minimum absolute atomic E-state index is 0.125. The maximum absolute atomic E-state index is 13.0. The van der Waals surface area contributed by atoms with Gasteiger partial charge in [0.15, 0.2) is 0 Å². The van der Waals surface area contributed by atoms with Crippen LogP contribution in [0.25, 0.3) is 0 Å². The molecule has 0 aromatic carbocycles. The van der Waals surface area contributed by atoms with Crippen LogP contribution in [-0.4, -0.2) is 26.8 Å². The topological polar surface area (TPSA) is 59.2 Å². The van der Waals surface area contributed by atoms with E-state index in [0.29, 0.717) is 6.92 Å². The summed E-state index contributed by atoms with van der Waals surface area (Å²) < 4.78 is 56.4. The van der Waals surface area contributed by atoms with Gasteiger partial charge in [-0.25, -0.2) is 8.78 Å². The van der Waals surface area contributed by atoms with E-state index in [9.17, 15) is 22.7 Å². The van der Waals surface area contributed by atoms with Crippen molar-refractivity contribution in [2.45, 2.75) is 56.5 Å². The summed E-state index contributed by atoms with van der Waals surface area (Å²) in [5.41, 5.74) is -1.39. The molecule has 1 heterocycles. The highest BCUT2D eigenvalue weighted by Gasteiger charge is 2.43. The molecule has 1 fully saturated rings. The molecule has 0 spiro atoms. The van der Waals surface area contributed by atoms with Gasteiger partial charge in [-0.1, -0.05) is 5.16 Å². The Morgan fingerprint density at radius 1 is 1.26 bits per heavy atom. The number of nitrogens with zero attached hydrogens (tertiary/aromatic N) is 2. The molecule has 0 aliphatic heterocycles. The molecular weight excluding hydrogens is 268 g/mol. The van der Waals surface area contributed by atoms with Crippen LogP contribution < -0.4 is 0 Å². The zero-order valence-corrected chi connectivity index (χ0v) is 10.3. The van der Waals surface area contributed by atoms with Crippen LogP contribution in [0.2, 0.25) is 0 Å². The van der Waals surface area contributed by atoms with Crippen LogP contribution in [0.1, 0.15) is 44.3 Å². The van der Waals surface area contributed by atoms with Gasteiger partial charge in [-0.05, 0) is 12.8 Å². The van der Waals surface area contributed by atoms with Crippen LogP contribution in [0.4, 0.5) is 17.6 Å². The van der Waals surface area contributed by atoms with Gasteiger partial charge in [0.25, 0.3) is 0 Å². The lowest BCUT2D eigenvalue weighted by atomic mass is 9.80. The lowest BCUT2D eigenvalue weighted by molar-refractivity contribution is -0.105. The van der Waals surface area contributed by atoms with Gasteiger partial charge in [-0.3, -0.25) is 0 Å². The Hall–Kier alpha value is -1.18. The number of aliphatic hydroxyl groups is 1. The molecule has 1 N–H and O–H groups in total. The third kappa shape index (κ3) is 3.43. The summed E-state index contributed by atoms with van der Waals surface area (Å²) in [5, 5.41) is 13.2. The van der Waals surface area contributed by atoms with E-state index in [1.807, 2.05) is 0 Å². The van der Waals surface area contributed by atoms with Gasteiger partial charge >= 0.3 is 5.92 Å². The summed E-state index contributed by atoms with van der Waals surface area (Å²) >= 11 is 0. The molecule has 0 saturated heterocycles. The van der Waals surface area contributed by atoms with Gasteiger partial charge in [0.2, 0.25) is 17.6 Å². The fraction of sp³-hybridized carbons (Fsp3) is 0.818. The quantitative estimate of drug-likeness (QED) is 0.866. The minimum Gasteiger partial charge on any atom is -0.389 e. The Morgan fingerprint density at radius 2 is 1.84 bits per heavy atom. The fourth-order valence-electron chi connectivity index (χ4n) is 2.04. The SMILES string of the molecule is CC(F)(F)c1noc(CC2(O)CCC(F)(F)CC2)n1. The highest BCUT2D eigenvalue weighted by Crippen LogP contribution is 2.39. The average Bonchev–Trinajstić information content (AvgIpc) is 2.71. The third-order valence-electron chi connectivity index (χ3n) is 3.25. The molecule has 1 aliphatic carbocycles. The molecule has 8 heteroatoms. The first-order valence-electron chi connectivity index (χ1n) is 5.91. The van der Waals surface area contributed by atoms with Crippen molar-refractivity contribution in [1.29, 1.82) is 0 Å². The highest BCUT2D eigenvalue weighted by atomic mass is 19.3. The molecule has 108 valence electrons. The summed E-state index contributed by atoms with van der Waals surface area (Å²) in [4.78, 5) is 3.48. The summed E-state index contributed by atoms with van der Waals surface area (Å²) in [6.45, 7) is 0.623. The summed E-state index contributed by atoms with van der Waals surface area (Å²) in [6.07, 6.45) is -1.31. The molecule has 0 radical (unpaired) electrons. The molecule has 0 unspecified atom stereocenters. The second-order valence-electron chi connectivity index (χ2n) is 5.16. The first-order valence-corrected chi connectivity index (χ1v) is 5.91. The molecular formula is C11H14F4N2O2. The molecule has 1 aromatic heterocycles. The van der Waals surface area contributed by atoms with Gasteiger partial charge in [-0.15, -0.1) is 0 Å². The Labute approximate surface area is 106 Å². The van der Waals surface area contributed by atoms with E-state index in [2.05, 4.69) is 14.7 Å². The number of aromatic nitrogens is 2. The van der Waals surface area contributed by atoms with E-state index in [1.54, 1.807) is 0 Å². The number of hydrogen-bond acceptors (Lipinski definition) is 4. The van der Waals surface area contributed by atoms with Crippen molar-refractivity contribution in [1.82, 2.24) is 10.1 Å². The van der Waals surface area contributed by atoms with Crippen LogP contribution in [-0.2, 0) is 12.3 Å². The number of halogens is 4. The van der Waals surface area contributed by atoms with Crippen molar-refractivity contribution in [3.8, 4) is 0 Å². The first kappa shape index (κ1) is 14.2. The zero-order valence-electron chi connectivity index (χ0n) is 10.3. The van der Waals surface area contributed by atoms with Crippen LogP contribution in [0, 0.1) is 0 Å². The van der Waals surface area contributed by atoms with Crippen molar-refractivity contribution in [3.63, 3.8) is 0 Å². The van der Waals surface area contributed by atoms with Crippen LogP contribution in [0.15, 0.2) is 4.52 Å². The maximum Gasteiger partial charge on any atom is 0.307 e. The predicted molar refractivity (Wildman–Crippen MR) is 55.9 cm³/mol. The Bertz CT molecular complexity index is 446. The number of hydrogen-bond donors (Lipinski definition) is 1. The van der Waals surface area contributed by atoms with Crippen molar-refractivity contribution >= 4 is 0 Å². The van der Waals surface area contributed by atoms with Crippen molar-refractivity contribution in [3.05, 3.63) is 11.7 Å². The van der Waals surface area contributed by atoms with Crippen LogP contribution in [0.5, 0.6) is 0 Å². The Morgan fingerprint density at radius 3 is 2.32 bits per heavy atom. The van der Waals surface area contributed by atoms with E-state index >= 15 is 0 Å². The Balaban J connectivity index is 2.03. The zero-order chi connectivity index (χ0) is 14.3. The average molecular weight is 282 g/mol. The lowest BCUT2D eigenvalue weighted by Crippen LogP contribution is -2.40. The molecule has 0 atom stereocenters. The summed E-state index contributed by atoms with van der Waals surface area (Å²) in [7, 11) is 0. The van der Waals surface area contributed by atoms with Crippen molar-refractivity contribution in [2.24, 2.45) is 0 Å². The number of alkyl halides is 4. The van der Waals surface area contributed by atoms with Gasteiger partial charge < -0.3 is 9.63 Å². The molecule has 0 amide bonds. The van der Waals surface area contributed by atoms with E-state index < -0.39 is 36.1 Å². The molecule has 1 saturated carbocycles. The van der Waals surface area contributed by atoms with E-state index in [0.717, 1.165) is 0 Å². The smallest absolute Gasteiger partial charge is 0.307 e. The normalized spacial score (nSPS) is 22.4. The van der Waals surface area contributed by atoms with Gasteiger partial charge in [0.05, 0.1) is 12.0 Å². The van der Waals surface area contributed by atoms with Gasteiger partial charge in [0.1, 0.15) is 0 Å². The standard InChI is InChI=1S/C11H14F4N2O2/c1-9(12,13)8-16-7(19-17-8)6-10(18)2-4-11(14,15)5-3-10/h18H,2-6H2,1H3. The fourth-order valence-corrected chi connectivity index (χ4v) is 2.04. The monoisotopic (exact) mass is 282 g/mol. The third-order valence-corrected chi connectivity index (χ3v) is 3.25.